The molecule has 122 valence electrons. The first-order chi connectivity index (χ1) is 11.7. The Labute approximate surface area is 141 Å². The third-order valence-electron chi connectivity index (χ3n) is 6.48. The summed E-state index contributed by atoms with van der Waals surface area (Å²) in [6.07, 6.45) is 3.88. The number of carboxylic acid groups (broad SMARTS) is 1. The van der Waals surface area contributed by atoms with E-state index >= 15 is 0 Å². The smallest absolute Gasteiger partial charge is 0.0715 e. The van der Waals surface area contributed by atoms with Crippen molar-refractivity contribution in [3.8, 4) is 0 Å². The van der Waals surface area contributed by atoms with Gasteiger partial charge in [0.15, 0.2) is 0 Å². The maximum absolute atomic E-state index is 11.3. The first-order valence-corrected chi connectivity index (χ1v) is 8.89. The zero-order valence-corrected chi connectivity index (χ0v) is 13.4. The molecular weight excluding hydrogens is 298 g/mol. The lowest BCUT2D eigenvalue weighted by Gasteiger charge is -2.43. The molecule has 2 aromatic rings. The lowest BCUT2D eigenvalue weighted by atomic mass is 9.68. The summed E-state index contributed by atoms with van der Waals surface area (Å²) < 4.78 is 0. The topological polar surface area (TPSA) is 52.2 Å². The molecule has 2 aliphatic carbocycles. The van der Waals surface area contributed by atoms with Crippen LogP contribution in [0, 0.1) is 17.8 Å². The first kappa shape index (κ1) is 14.1. The summed E-state index contributed by atoms with van der Waals surface area (Å²) in [6.45, 7) is 0. The minimum atomic E-state index is -1.08. The molecule has 5 rings (SSSR count). The highest BCUT2D eigenvalue weighted by molar-refractivity contribution is 5.87. The molecule has 5 unspecified atom stereocenters. The normalized spacial score (nSPS) is 32.8. The zero-order valence-electron chi connectivity index (χ0n) is 13.4. The van der Waals surface area contributed by atoms with Crippen LogP contribution in [-0.4, -0.2) is 5.97 Å². The molecule has 5 atom stereocenters. The summed E-state index contributed by atoms with van der Waals surface area (Å²) in [7, 11) is 0. The maximum Gasteiger partial charge on any atom is 0.0715 e. The van der Waals surface area contributed by atoms with Crippen molar-refractivity contribution in [2.75, 3.05) is 5.32 Å². The Morgan fingerprint density at radius 3 is 2.62 bits per heavy atom. The minimum Gasteiger partial charge on any atom is -0.545 e. The molecule has 3 nitrogen and oxygen atoms in total. The summed E-state index contributed by atoms with van der Waals surface area (Å²) >= 11 is 0. The molecule has 0 saturated heterocycles. The lowest BCUT2D eigenvalue weighted by molar-refractivity contribution is -0.255. The van der Waals surface area contributed by atoms with E-state index in [2.05, 4.69) is 35.6 Å². The fourth-order valence-electron chi connectivity index (χ4n) is 5.60. The van der Waals surface area contributed by atoms with Crippen molar-refractivity contribution in [1.29, 1.82) is 0 Å². The molecule has 2 bridgehead atoms. The van der Waals surface area contributed by atoms with E-state index in [1.807, 2.05) is 12.1 Å². The molecule has 2 saturated carbocycles. The molecule has 2 fully saturated rings. The largest absolute Gasteiger partial charge is 0.545 e. The molecule has 1 aliphatic heterocycles. The molecule has 0 radical (unpaired) electrons. The third kappa shape index (κ3) is 1.94. The minimum absolute atomic E-state index is 0.301. The van der Waals surface area contributed by atoms with Gasteiger partial charge in [0.1, 0.15) is 0 Å². The van der Waals surface area contributed by atoms with Crippen LogP contribution in [0.25, 0.3) is 0 Å². The van der Waals surface area contributed by atoms with Crippen LogP contribution < -0.4 is 10.4 Å². The Morgan fingerprint density at radius 2 is 1.83 bits per heavy atom. The van der Waals surface area contributed by atoms with Crippen LogP contribution in [0.15, 0.2) is 48.5 Å². The van der Waals surface area contributed by atoms with Gasteiger partial charge in [0.2, 0.25) is 0 Å². The number of rotatable bonds is 2. The van der Waals surface area contributed by atoms with Crippen LogP contribution in [0.4, 0.5) is 5.69 Å². The molecule has 0 amide bonds. The van der Waals surface area contributed by atoms with E-state index in [1.165, 1.54) is 30.4 Å². The third-order valence-corrected chi connectivity index (χ3v) is 6.48. The summed E-state index contributed by atoms with van der Waals surface area (Å²) in [5, 5.41) is 15.0. The van der Waals surface area contributed by atoms with E-state index in [-0.39, 0.29) is 0 Å². The van der Waals surface area contributed by atoms with Gasteiger partial charge in [-0.1, -0.05) is 36.4 Å². The average molecular weight is 318 g/mol. The van der Waals surface area contributed by atoms with Crippen molar-refractivity contribution in [2.45, 2.75) is 31.2 Å². The van der Waals surface area contributed by atoms with Crippen molar-refractivity contribution in [1.82, 2.24) is 0 Å². The first-order valence-electron chi connectivity index (χ1n) is 8.89. The van der Waals surface area contributed by atoms with Gasteiger partial charge in [-0.2, -0.15) is 0 Å². The van der Waals surface area contributed by atoms with E-state index < -0.39 is 5.97 Å². The zero-order chi connectivity index (χ0) is 16.3. The van der Waals surface area contributed by atoms with Crippen LogP contribution in [0.2, 0.25) is 0 Å². The number of anilines is 1. The SMILES string of the molecule is O=C([O-])c1ccc2c(c1)C1C3CCC(C3)C1C(c1ccccc1)N2. The molecule has 1 heterocycles. The van der Waals surface area contributed by atoms with E-state index in [9.17, 15) is 9.90 Å². The van der Waals surface area contributed by atoms with E-state index in [0.29, 0.717) is 29.4 Å². The molecule has 1 N–H and O–H groups in total. The number of carboxylic acids is 1. The van der Waals surface area contributed by atoms with Crippen molar-refractivity contribution in [3.05, 3.63) is 65.2 Å². The van der Waals surface area contributed by atoms with Crippen molar-refractivity contribution >= 4 is 11.7 Å². The summed E-state index contributed by atoms with van der Waals surface area (Å²) in [5.74, 6) is 1.41. The summed E-state index contributed by atoms with van der Waals surface area (Å²) in [6, 6.07) is 16.5. The Hall–Kier alpha value is -2.29. The standard InChI is InChI=1S/C21H21NO2/c23-21(24)15-8-9-17-16(11-15)18-13-6-7-14(10-13)19(18)20(22-17)12-4-2-1-3-5-12/h1-5,8-9,11,13-14,18-20,22H,6-7,10H2,(H,23,24)/p-1. The van der Waals surface area contributed by atoms with Crippen molar-refractivity contribution in [2.24, 2.45) is 17.8 Å². The second-order valence-corrected chi connectivity index (χ2v) is 7.56. The number of fused-ring (bicyclic) bond motifs is 7. The van der Waals surface area contributed by atoms with Gasteiger partial charge in [-0.05, 0) is 71.8 Å². The van der Waals surface area contributed by atoms with Gasteiger partial charge >= 0.3 is 0 Å². The van der Waals surface area contributed by atoms with Crippen LogP contribution in [0.3, 0.4) is 0 Å². The number of nitrogens with one attached hydrogen (secondary N) is 1. The van der Waals surface area contributed by atoms with Gasteiger partial charge in [0, 0.05) is 5.69 Å². The van der Waals surface area contributed by atoms with E-state index in [0.717, 1.165) is 11.6 Å². The highest BCUT2D eigenvalue weighted by atomic mass is 16.4. The highest BCUT2D eigenvalue weighted by Gasteiger charge is 2.53. The Bertz CT molecular complexity index is 801. The fourth-order valence-corrected chi connectivity index (χ4v) is 5.60. The van der Waals surface area contributed by atoms with Gasteiger partial charge in [0.05, 0.1) is 12.0 Å². The van der Waals surface area contributed by atoms with Crippen molar-refractivity contribution < 1.29 is 9.90 Å². The lowest BCUT2D eigenvalue weighted by Crippen LogP contribution is -2.35. The number of carbonyl (C=O) groups is 1. The van der Waals surface area contributed by atoms with Crippen molar-refractivity contribution in [3.63, 3.8) is 0 Å². The predicted molar refractivity (Wildman–Crippen MR) is 90.6 cm³/mol. The Balaban J connectivity index is 1.64. The highest BCUT2D eigenvalue weighted by Crippen LogP contribution is 2.63. The molecule has 0 aromatic heterocycles. The number of benzene rings is 2. The predicted octanol–water partition coefficient (Wildman–Crippen LogP) is 3.35. The van der Waals surface area contributed by atoms with Crippen LogP contribution >= 0.6 is 0 Å². The number of aromatic carboxylic acids is 1. The van der Waals surface area contributed by atoms with Crippen LogP contribution in [0.1, 0.15) is 52.7 Å². The monoisotopic (exact) mass is 318 g/mol. The number of hydrogen-bond donors (Lipinski definition) is 1. The maximum atomic E-state index is 11.3. The molecular formula is C21H20NO2-. The Kier molecular flexibility index (Phi) is 2.99. The summed E-state index contributed by atoms with van der Waals surface area (Å²) in [4.78, 5) is 11.3. The molecule has 2 aromatic carbocycles. The number of hydrogen-bond acceptors (Lipinski definition) is 3. The van der Waals surface area contributed by atoms with Crippen LogP contribution in [-0.2, 0) is 0 Å². The summed E-state index contributed by atoms with van der Waals surface area (Å²) in [5.41, 5.74) is 3.94. The van der Waals surface area contributed by atoms with Gasteiger partial charge in [-0.15, -0.1) is 0 Å². The van der Waals surface area contributed by atoms with Gasteiger partial charge < -0.3 is 15.2 Å². The second kappa shape index (κ2) is 5.10. The fraction of sp³-hybridized carbons (Fsp3) is 0.381. The van der Waals surface area contributed by atoms with E-state index in [4.69, 9.17) is 0 Å². The average Bonchev–Trinajstić information content (AvgIpc) is 3.23. The van der Waals surface area contributed by atoms with Gasteiger partial charge in [-0.3, -0.25) is 0 Å². The Morgan fingerprint density at radius 1 is 1.04 bits per heavy atom. The number of carbonyl (C=O) groups excluding carboxylic acids is 1. The quantitative estimate of drug-likeness (QED) is 0.924. The van der Waals surface area contributed by atoms with E-state index in [1.54, 1.807) is 6.07 Å². The molecule has 3 aliphatic rings. The van der Waals surface area contributed by atoms with Gasteiger partial charge in [-0.25, -0.2) is 0 Å². The molecule has 3 heteroatoms. The second-order valence-electron chi connectivity index (χ2n) is 7.56. The molecule has 24 heavy (non-hydrogen) atoms. The van der Waals surface area contributed by atoms with Crippen LogP contribution in [0.5, 0.6) is 0 Å². The molecule has 0 spiro atoms. The van der Waals surface area contributed by atoms with Gasteiger partial charge in [0.25, 0.3) is 0 Å².